The summed E-state index contributed by atoms with van der Waals surface area (Å²) >= 11 is 0. The van der Waals surface area contributed by atoms with Crippen LogP contribution in [0.4, 0.5) is 5.69 Å². The van der Waals surface area contributed by atoms with Crippen molar-refractivity contribution in [2.24, 2.45) is 5.92 Å². The average Bonchev–Trinajstić information content (AvgIpc) is 2.81. The molecule has 0 spiro atoms. The van der Waals surface area contributed by atoms with Gasteiger partial charge in [0.15, 0.2) is 0 Å². The Balaban J connectivity index is 1.56. The van der Waals surface area contributed by atoms with Gasteiger partial charge in [0.2, 0.25) is 17.7 Å². The maximum atomic E-state index is 12.6. The number of nitrogens with zero attached hydrogens (tertiary/aromatic N) is 2. The summed E-state index contributed by atoms with van der Waals surface area (Å²) < 4.78 is 5.54. The predicted molar refractivity (Wildman–Crippen MR) is 102 cm³/mol. The molecule has 1 aromatic carbocycles. The standard InChI is InChI=1S/C20H27N3O4/c1-14(2)11-19(25)22-6-8-23(9-7-22)20(26)13-15-3-4-17-16(12-15)21-18(24)5-10-27-17/h3-4,12,14H,5-11,13H2,1-2H3,(H,21,24). The molecule has 0 unspecified atom stereocenters. The number of hydrogen-bond donors (Lipinski definition) is 1. The third-order valence-electron chi connectivity index (χ3n) is 4.83. The molecule has 1 fully saturated rings. The second-order valence-corrected chi connectivity index (χ2v) is 7.51. The Bertz CT molecular complexity index is 724. The maximum Gasteiger partial charge on any atom is 0.227 e. The molecule has 2 aliphatic heterocycles. The predicted octanol–water partition coefficient (Wildman–Crippen LogP) is 1.67. The van der Waals surface area contributed by atoms with Crippen LogP contribution in [-0.2, 0) is 20.8 Å². The molecule has 27 heavy (non-hydrogen) atoms. The van der Waals surface area contributed by atoms with Gasteiger partial charge in [-0.3, -0.25) is 14.4 Å². The summed E-state index contributed by atoms with van der Waals surface area (Å²) in [4.78, 5) is 40.1. The molecular formula is C20H27N3O4. The molecule has 146 valence electrons. The Hall–Kier alpha value is -2.57. The van der Waals surface area contributed by atoms with Crippen molar-refractivity contribution in [3.8, 4) is 5.75 Å². The van der Waals surface area contributed by atoms with Crippen LogP contribution in [0.5, 0.6) is 5.75 Å². The number of ether oxygens (including phenoxy) is 1. The second kappa shape index (κ2) is 8.41. The number of carbonyl (C=O) groups is 3. The second-order valence-electron chi connectivity index (χ2n) is 7.51. The van der Waals surface area contributed by atoms with Gasteiger partial charge in [0.05, 0.1) is 25.1 Å². The van der Waals surface area contributed by atoms with Crippen molar-refractivity contribution >= 4 is 23.4 Å². The van der Waals surface area contributed by atoms with Crippen LogP contribution in [0.2, 0.25) is 0 Å². The van der Waals surface area contributed by atoms with Crippen LogP contribution in [0.15, 0.2) is 18.2 Å². The van der Waals surface area contributed by atoms with E-state index in [0.29, 0.717) is 63.0 Å². The summed E-state index contributed by atoms with van der Waals surface area (Å²) in [5, 5.41) is 2.82. The summed E-state index contributed by atoms with van der Waals surface area (Å²) in [6.07, 6.45) is 1.14. The zero-order chi connectivity index (χ0) is 19.4. The zero-order valence-corrected chi connectivity index (χ0v) is 16.0. The number of fused-ring (bicyclic) bond motifs is 1. The first-order chi connectivity index (χ1) is 12.9. The number of anilines is 1. The molecule has 3 amide bonds. The molecule has 0 aromatic heterocycles. The molecule has 0 bridgehead atoms. The smallest absolute Gasteiger partial charge is 0.227 e. The monoisotopic (exact) mass is 373 g/mol. The van der Waals surface area contributed by atoms with E-state index in [4.69, 9.17) is 4.74 Å². The first-order valence-electron chi connectivity index (χ1n) is 9.53. The van der Waals surface area contributed by atoms with Crippen LogP contribution in [-0.4, -0.2) is 60.3 Å². The van der Waals surface area contributed by atoms with Gasteiger partial charge in [0, 0.05) is 32.6 Å². The van der Waals surface area contributed by atoms with E-state index in [1.807, 2.05) is 24.8 Å². The number of carbonyl (C=O) groups excluding carboxylic acids is 3. The first-order valence-corrected chi connectivity index (χ1v) is 9.53. The summed E-state index contributed by atoms with van der Waals surface area (Å²) in [5.41, 5.74) is 1.45. The van der Waals surface area contributed by atoms with E-state index in [-0.39, 0.29) is 24.1 Å². The zero-order valence-electron chi connectivity index (χ0n) is 16.0. The Morgan fingerprint density at radius 2 is 1.78 bits per heavy atom. The molecule has 3 rings (SSSR count). The van der Waals surface area contributed by atoms with Crippen LogP contribution >= 0.6 is 0 Å². The Morgan fingerprint density at radius 1 is 1.11 bits per heavy atom. The fraction of sp³-hybridized carbons (Fsp3) is 0.550. The fourth-order valence-electron chi connectivity index (χ4n) is 3.35. The molecule has 2 heterocycles. The van der Waals surface area contributed by atoms with Crippen molar-refractivity contribution in [1.29, 1.82) is 0 Å². The number of hydrogen-bond acceptors (Lipinski definition) is 4. The topological polar surface area (TPSA) is 79.0 Å². The van der Waals surface area contributed by atoms with Crippen LogP contribution in [0.1, 0.15) is 32.3 Å². The van der Waals surface area contributed by atoms with Gasteiger partial charge in [-0.1, -0.05) is 19.9 Å². The van der Waals surface area contributed by atoms with Crippen LogP contribution in [0, 0.1) is 5.92 Å². The van der Waals surface area contributed by atoms with Crippen LogP contribution < -0.4 is 10.1 Å². The highest BCUT2D eigenvalue weighted by molar-refractivity contribution is 5.93. The van der Waals surface area contributed by atoms with Gasteiger partial charge in [-0.2, -0.15) is 0 Å². The van der Waals surface area contributed by atoms with Crippen molar-refractivity contribution in [2.75, 3.05) is 38.1 Å². The Kier molecular flexibility index (Phi) is 5.98. The van der Waals surface area contributed by atoms with Gasteiger partial charge in [-0.25, -0.2) is 0 Å². The number of rotatable bonds is 4. The quantitative estimate of drug-likeness (QED) is 0.871. The van der Waals surface area contributed by atoms with Crippen molar-refractivity contribution in [3.63, 3.8) is 0 Å². The lowest BCUT2D eigenvalue weighted by molar-refractivity contribution is -0.139. The Labute approximate surface area is 159 Å². The van der Waals surface area contributed by atoms with Crippen LogP contribution in [0.25, 0.3) is 0 Å². The molecule has 0 aliphatic carbocycles. The van der Waals surface area contributed by atoms with Crippen LogP contribution in [0.3, 0.4) is 0 Å². The van der Waals surface area contributed by atoms with E-state index < -0.39 is 0 Å². The number of nitrogens with one attached hydrogen (secondary N) is 1. The van der Waals surface area contributed by atoms with Gasteiger partial charge in [0.1, 0.15) is 5.75 Å². The van der Waals surface area contributed by atoms with Gasteiger partial charge in [-0.15, -0.1) is 0 Å². The first kappa shape index (κ1) is 19.2. The minimum Gasteiger partial charge on any atom is -0.491 e. The molecule has 1 saturated heterocycles. The highest BCUT2D eigenvalue weighted by Crippen LogP contribution is 2.28. The third-order valence-corrected chi connectivity index (χ3v) is 4.83. The summed E-state index contributed by atoms with van der Waals surface area (Å²) in [7, 11) is 0. The maximum absolute atomic E-state index is 12.6. The van der Waals surface area contributed by atoms with Crippen molar-refractivity contribution in [3.05, 3.63) is 23.8 Å². The molecule has 0 radical (unpaired) electrons. The SMILES string of the molecule is CC(C)CC(=O)N1CCN(C(=O)Cc2ccc3c(c2)NC(=O)CCO3)CC1. The molecule has 0 saturated carbocycles. The third kappa shape index (κ3) is 4.99. The molecular weight excluding hydrogens is 346 g/mol. The average molecular weight is 373 g/mol. The summed E-state index contributed by atoms with van der Waals surface area (Å²) in [6, 6.07) is 5.46. The highest BCUT2D eigenvalue weighted by atomic mass is 16.5. The van der Waals surface area contributed by atoms with Gasteiger partial charge in [0.25, 0.3) is 0 Å². The minimum atomic E-state index is -0.0839. The van der Waals surface area contributed by atoms with E-state index in [2.05, 4.69) is 5.32 Å². The molecule has 1 N–H and O–H groups in total. The fourth-order valence-corrected chi connectivity index (χ4v) is 3.35. The van der Waals surface area contributed by atoms with E-state index in [0.717, 1.165) is 5.56 Å². The lowest BCUT2D eigenvalue weighted by Crippen LogP contribution is -2.51. The minimum absolute atomic E-state index is 0.0341. The normalized spacial score (nSPS) is 17.1. The molecule has 0 atom stereocenters. The number of piperazine rings is 1. The molecule has 1 aromatic rings. The van der Waals surface area contributed by atoms with E-state index >= 15 is 0 Å². The van der Waals surface area contributed by atoms with Gasteiger partial charge in [-0.05, 0) is 23.6 Å². The lowest BCUT2D eigenvalue weighted by Gasteiger charge is -2.35. The molecule has 2 aliphatic rings. The van der Waals surface area contributed by atoms with Crippen molar-refractivity contribution in [2.45, 2.75) is 33.1 Å². The van der Waals surface area contributed by atoms with E-state index in [1.165, 1.54) is 0 Å². The Morgan fingerprint density at radius 3 is 2.44 bits per heavy atom. The van der Waals surface area contributed by atoms with Gasteiger partial charge < -0.3 is 19.9 Å². The molecule has 7 nitrogen and oxygen atoms in total. The van der Waals surface area contributed by atoms with Crippen molar-refractivity contribution < 1.29 is 19.1 Å². The summed E-state index contributed by atoms with van der Waals surface area (Å²) in [5.74, 6) is 1.09. The number of benzene rings is 1. The molecule has 7 heteroatoms. The van der Waals surface area contributed by atoms with Gasteiger partial charge >= 0.3 is 0 Å². The summed E-state index contributed by atoms with van der Waals surface area (Å²) in [6.45, 7) is 6.73. The number of amides is 3. The largest absolute Gasteiger partial charge is 0.491 e. The van der Waals surface area contributed by atoms with E-state index in [9.17, 15) is 14.4 Å². The van der Waals surface area contributed by atoms with Crippen molar-refractivity contribution in [1.82, 2.24) is 9.80 Å². The highest BCUT2D eigenvalue weighted by Gasteiger charge is 2.24. The van der Waals surface area contributed by atoms with E-state index in [1.54, 1.807) is 17.0 Å². The lowest BCUT2D eigenvalue weighted by atomic mass is 10.1.